The Morgan fingerprint density at radius 1 is 1.06 bits per heavy atom. The Labute approximate surface area is 202 Å². The summed E-state index contributed by atoms with van der Waals surface area (Å²) in [5.41, 5.74) is 4.48. The summed E-state index contributed by atoms with van der Waals surface area (Å²) in [6.45, 7) is 1.37. The van der Waals surface area contributed by atoms with Gasteiger partial charge in [-0.1, -0.05) is 0 Å². The summed E-state index contributed by atoms with van der Waals surface area (Å²) in [7, 11) is 6.68. The van der Waals surface area contributed by atoms with Crippen molar-refractivity contribution in [3.63, 3.8) is 0 Å². The van der Waals surface area contributed by atoms with Crippen LogP contribution in [0, 0.1) is 23.7 Å². The van der Waals surface area contributed by atoms with Crippen molar-refractivity contribution < 1.29 is 33.9 Å². The highest BCUT2D eigenvalue weighted by Crippen LogP contribution is 2.50. The molecule has 10 heteroatoms. The van der Waals surface area contributed by atoms with Crippen LogP contribution in [0.1, 0.15) is 39.6 Å². The maximum Gasteiger partial charge on any atom is 0.235 e. The minimum absolute atomic E-state index is 0.0468. The molecule has 3 N–H and O–H groups in total. The van der Waals surface area contributed by atoms with Crippen molar-refractivity contribution in [1.82, 2.24) is 4.90 Å². The molecule has 35 heavy (non-hydrogen) atoms. The zero-order valence-corrected chi connectivity index (χ0v) is 20.3. The normalized spacial score (nSPS) is 32.1. The largest absolute Gasteiger partial charge is 0.377 e. The molecule has 0 radical (unpaired) electrons. The first-order valence-corrected chi connectivity index (χ1v) is 11.4. The number of hydrogen-bond acceptors (Lipinski definition) is 9. The van der Waals surface area contributed by atoms with E-state index in [2.05, 4.69) is 0 Å². The molecule has 4 rings (SSSR count). The monoisotopic (exact) mass is 483 g/mol. The number of carbonyl (C=O) groups is 6. The van der Waals surface area contributed by atoms with Gasteiger partial charge >= 0.3 is 0 Å². The lowest BCUT2D eigenvalue weighted by Gasteiger charge is -2.52. The first-order valence-electron chi connectivity index (χ1n) is 11.4. The summed E-state index contributed by atoms with van der Waals surface area (Å²) < 4.78 is 0. The molecule has 6 atom stereocenters. The van der Waals surface area contributed by atoms with Gasteiger partial charge in [0.25, 0.3) is 0 Å². The van der Waals surface area contributed by atoms with Crippen LogP contribution in [0.4, 0.5) is 5.69 Å². The van der Waals surface area contributed by atoms with Gasteiger partial charge in [0.2, 0.25) is 5.91 Å². The molecule has 10 nitrogen and oxygen atoms in total. The van der Waals surface area contributed by atoms with Gasteiger partial charge in [-0.3, -0.25) is 33.7 Å². The predicted octanol–water partition coefficient (Wildman–Crippen LogP) is -0.570. The van der Waals surface area contributed by atoms with Crippen molar-refractivity contribution in [2.75, 3.05) is 33.1 Å². The Morgan fingerprint density at radius 2 is 1.69 bits per heavy atom. The summed E-state index contributed by atoms with van der Waals surface area (Å²) in [6.07, 6.45) is 0.336. The first-order chi connectivity index (χ1) is 16.2. The fraction of sp³-hybridized carbons (Fsp3) is 0.520. The second-order valence-electron chi connectivity index (χ2n) is 10.3. The Morgan fingerprint density at radius 3 is 2.20 bits per heavy atom. The van der Waals surface area contributed by atoms with E-state index in [1.807, 2.05) is 0 Å². The van der Waals surface area contributed by atoms with E-state index in [-0.39, 0.29) is 24.2 Å². The number of anilines is 1. The number of hydrogen-bond donors (Lipinski definition) is 2. The molecular weight excluding hydrogens is 454 g/mol. The number of benzene rings is 1. The molecule has 1 aromatic carbocycles. The molecule has 3 aliphatic rings. The number of likely N-dealkylation sites (N-methyl/N-ethyl adjacent to an activating group) is 1. The smallest absolute Gasteiger partial charge is 0.235 e. The highest BCUT2D eigenvalue weighted by molar-refractivity contribution is 6.32. The molecular formula is C25H29N3O7. The van der Waals surface area contributed by atoms with Crippen molar-refractivity contribution in [2.24, 2.45) is 29.4 Å². The van der Waals surface area contributed by atoms with Crippen molar-refractivity contribution in [1.29, 1.82) is 0 Å². The van der Waals surface area contributed by atoms with Crippen LogP contribution in [0.5, 0.6) is 0 Å². The second-order valence-corrected chi connectivity index (χ2v) is 10.3. The van der Waals surface area contributed by atoms with Gasteiger partial charge in [0, 0.05) is 36.8 Å². The molecule has 0 spiro atoms. The lowest BCUT2D eigenvalue weighted by Crippen LogP contribution is -2.74. The van der Waals surface area contributed by atoms with E-state index in [0.717, 1.165) is 0 Å². The number of carbonyl (C=O) groups excluding carboxylic acids is 6. The highest BCUT2D eigenvalue weighted by Gasteiger charge is 2.69. The number of nitrogens with two attached hydrogens (primary N) is 1. The minimum Gasteiger partial charge on any atom is -0.377 e. The predicted molar refractivity (Wildman–Crippen MR) is 124 cm³/mol. The summed E-state index contributed by atoms with van der Waals surface area (Å²) in [6, 6.07) is 2.04. The second kappa shape index (κ2) is 8.17. The molecule has 3 aliphatic carbocycles. The molecule has 2 fully saturated rings. The van der Waals surface area contributed by atoms with E-state index < -0.39 is 64.4 Å². The van der Waals surface area contributed by atoms with Crippen molar-refractivity contribution in [3.8, 4) is 0 Å². The van der Waals surface area contributed by atoms with Gasteiger partial charge in [0.15, 0.2) is 40.4 Å². The Kier molecular flexibility index (Phi) is 5.80. The average Bonchev–Trinajstić information content (AvgIpc) is 2.75. The van der Waals surface area contributed by atoms with Gasteiger partial charge in [-0.05, 0) is 57.5 Å². The average molecular weight is 484 g/mol. The van der Waals surface area contributed by atoms with Crippen LogP contribution in [0.25, 0.3) is 0 Å². The summed E-state index contributed by atoms with van der Waals surface area (Å²) in [4.78, 5) is 81.2. The van der Waals surface area contributed by atoms with E-state index in [9.17, 15) is 33.9 Å². The summed E-state index contributed by atoms with van der Waals surface area (Å²) in [5.74, 6) is -10.1. The third-order valence-corrected chi connectivity index (χ3v) is 7.79. The molecule has 0 bridgehead atoms. The maximum absolute atomic E-state index is 13.8. The number of nitrogens with zero attached hydrogens (tertiary/aromatic N) is 2. The Balaban J connectivity index is 1.89. The molecule has 186 valence electrons. The Bertz CT molecular complexity index is 1200. The van der Waals surface area contributed by atoms with Gasteiger partial charge in [-0.25, -0.2) is 0 Å². The van der Waals surface area contributed by atoms with E-state index in [4.69, 9.17) is 5.73 Å². The molecule has 0 heterocycles. The molecule has 1 aromatic rings. The Hall–Kier alpha value is -3.24. The number of rotatable bonds is 4. The van der Waals surface area contributed by atoms with Crippen LogP contribution < -0.4 is 10.6 Å². The van der Waals surface area contributed by atoms with Crippen LogP contribution >= 0.6 is 0 Å². The van der Waals surface area contributed by atoms with Gasteiger partial charge in [0.05, 0.1) is 12.0 Å². The van der Waals surface area contributed by atoms with E-state index in [0.29, 0.717) is 16.8 Å². The lowest BCUT2D eigenvalue weighted by molar-refractivity contribution is -0.181. The molecule has 4 unspecified atom stereocenters. The van der Waals surface area contributed by atoms with Crippen LogP contribution in [0.2, 0.25) is 0 Å². The third kappa shape index (κ3) is 3.38. The molecule has 2 saturated carbocycles. The molecule has 1 amide bonds. The molecule has 0 saturated heterocycles. The zero-order valence-electron chi connectivity index (χ0n) is 20.3. The van der Waals surface area contributed by atoms with Gasteiger partial charge in [-0.15, -0.1) is 0 Å². The van der Waals surface area contributed by atoms with E-state index >= 15 is 0 Å². The van der Waals surface area contributed by atoms with Crippen molar-refractivity contribution in [3.05, 3.63) is 28.8 Å². The van der Waals surface area contributed by atoms with Crippen LogP contribution in [-0.2, 0) is 25.6 Å². The van der Waals surface area contributed by atoms with E-state index in [1.54, 1.807) is 39.2 Å². The number of aliphatic hydroxyl groups is 1. The van der Waals surface area contributed by atoms with Crippen molar-refractivity contribution in [2.45, 2.75) is 31.4 Å². The SMILES string of the molecule is CC(=O)c1cc2c(c(N(C)C)c1)CC1CC3[C@H](N(C)C)C(=O)C(C(N)=O)C(=O)[C@@]3(O)C(=O)C1C2=O. The van der Waals surface area contributed by atoms with Crippen LogP contribution in [0.15, 0.2) is 12.1 Å². The zero-order chi connectivity index (χ0) is 26.1. The van der Waals surface area contributed by atoms with E-state index in [1.165, 1.54) is 17.9 Å². The van der Waals surface area contributed by atoms with Gasteiger partial charge in [0.1, 0.15) is 0 Å². The molecule has 0 aromatic heterocycles. The quantitative estimate of drug-likeness (QED) is 0.423. The number of amides is 1. The number of ketones is 5. The van der Waals surface area contributed by atoms with Gasteiger partial charge in [-0.2, -0.15) is 0 Å². The lowest BCUT2D eigenvalue weighted by atomic mass is 9.52. The fourth-order valence-corrected chi connectivity index (χ4v) is 6.19. The summed E-state index contributed by atoms with van der Waals surface area (Å²) in [5, 5.41) is 11.6. The van der Waals surface area contributed by atoms with Crippen molar-refractivity contribution >= 4 is 40.5 Å². The highest BCUT2D eigenvalue weighted by atomic mass is 16.3. The minimum atomic E-state index is -2.70. The standard InChI is InChI=1S/C25H29N3O7/c1-10(29)11-6-14-13(16(9-11)27(2)3)7-12-8-15-19(28(4)5)21(31)18(24(26)34)23(33)25(15,35)22(32)17(12)20(14)30/h6,9,12,15,17-19,35H,7-8H2,1-5H3,(H2,26,34)/t12?,15?,17?,18?,19-,25-/m0/s1. The summed E-state index contributed by atoms with van der Waals surface area (Å²) >= 11 is 0. The number of fused-ring (bicyclic) bond motifs is 3. The topological polar surface area (TPSA) is 155 Å². The third-order valence-electron chi connectivity index (χ3n) is 7.79. The van der Waals surface area contributed by atoms with Crippen LogP contribution in [0.3, 0.4) is 0 Å². The first kappa shape index (κ1) is 24.9. The maximum atomic E-state index is 13.8. The van der Waals surface area contributed by atoms with Gasteiger partial charge < -0.3 is 15.7 Å². The number of primary amides is 1. The molecule has 0 aliphatic heterocycles. The number of Topliss-reactive ketones (excluding diaryl/α,β-unsaturated/α-hetero) is 5. The fourth-order valence-electron chi connectivity index (χ4n) is 6.19. The van der Waals surface area contributed by atoms with Crippen LogP contribution in [-0.4, -0.2) is 84.7 Å².